The number of carbonyl (C=O) groups excluding carboxylic acids is 2. The third kappa shape index (κ3) is 7.86. The monoisotopic (exact) mass is 548 g/mol. The van der Waals surface area contributed by atoms with Crippen LogP contribution in [-0.2, 0) is 16.1 Å². The van der Waals surface area contributed by atoms with Gasteiger partial charge in [-0.1, -0.05) is 40.9 Å². The summed E-state index contributed by atoms with van der Waals surface area (Å²) in [5.74, 6) is -0.155. The SMILES string of the molecule is C[C@H](C(=O)NC(C)(C)C)N(Cc1ccc(Cl)c(Cl)c1)C(=O)COc1ccc(Cl)cc1Br. The maximum Gasteiger partial charge on any atom is 0.261 e. The first-order chi connectivity index (χ1) is 14.4. The first kappa shape index (κ1) is 25.8. The Morgan fingerprint density at radius 3 is 2.35 bits per heavy atom. The summed E-state index contributed by atoms with van der Waals surface area (Å²) in [5.41, 5.74) is 0.305. The van der Waals surface area contributed by atoms with Crippen molar-refractivity contribution in [3.8, 4) is 5.75 Å². The van der Waals surface area contributed by atoms with Gasteiger partial charge in [-0.15, -0.1) is 0 Å². The van der Waals surface area contributed by atoms with Gasteiger partial charge in [-0.3, -0.25) is 9.59 Å². The number of benzene rings is 2. The number of nitrogens with zero attached hydrogens (tertiary/aromatic N) is 1. The zero-order chi connectivity index (χ0) is 23.3. The number of halogens is 4. The quantitative estimate of drug-likeness (QED) is 0.452. The lowest BCUT2D eigenvalue weighted by Crippen LogP contribution is -2.53. The molecule has 0 aliphatic carbocycles. The number of ether oxygens (including phenoxy) is 1. The van der Waals surface area contributed by atoms with E-state index in [0.29, 0.717) is 25.3 Å². The molecule has 1 atom stereocenters. The summed E-state index contributed by atoms with van der Waals surface area (Å²) < 4.78 is 6.30. The summed E-state index contributed by atoms with van der Waals surface area (Å²) in [5, 5.41) is 4.24. The Balaban J connectivity index is 2.23. The van der Waals surface area contributed by atoms with Crippen LogP contribution >= 0.6 is 50.7 Å². The first-order valence-corrected chi connectivity index (χ1v) is 11.4. The van der Waals surface area contributed by atoms with E-state index >= 15 is 0 Å². The number of amides is 2. The van der Waals surface area contributed by atoms with E-state index in [2.05, 4.69) is 21.2 Å². The van der Waals surface area contributed by atoms with Gasteiger partial charge in [0.05, 0.1) is 14.5 Å². The lowest BCUT2D eigenvalue weighted by molar-refractivity contribution is -0.142. The van der Waals surface area contributed by atoms with E-state index in [1.54, 1.807) is 43.3 Å². The van der Waals surface area contributed by atoms with Crippen LogP contribution in [0, 0.1) is 0 Å². The molecular weight excluding hydrogens is 527 g/mol. The fourth-order valence-electron chi connectivity index (χ4n) is 2.71. The lowest BCUT2D eigenvalue weighted by Gasteiger charge is -2.31. The predicted molar refractivity (Wildman–Crippen MR) is 129 cm³/mol. The van der Waals surface area contributed by atoms with Gasteiger partial charge in [0.25, 0.3) is 5.91 Å². The maximum atomic E-state index is 13.1. The highest BCUT2D eigenvalue weighted by Gasteiger charge is 2.29. The number of hydrogen-bond acceptors (Lipinski definition) is 3. The summed E-state index contributed by atoms with van der Waals surface area (Å²) >= 11 is 21.4. The molecule has 2 amide bonds. The molecule has 2 rings (SSSR count). The van der Waals surface area contributed by atoms with Gasteiger partial charge in [0, 0.05) is 17.1 Å². The number of carbonyl (C=O) groups is 2. The van der Waals surface area contributed by atoms with E-state index < -0.39 is 11.6 Å². The van der Waals surface area contributed by atoms with Crippen molar-refractivity contribution in [2.24, 2.45) is 0 Å². The molecule has 0 saturated heterocycles. The second-order valence-electron chi connectivity index (χ2n) is 8.05. The minimum Gasteiger partial charge on any atom is -0.483 e. The van der Waals surface area contributed by atoms with E-state index in [1.165, 1.54) is 4.90 Å². The van der Waals surface area contributed by atoms with Crippen LogP contribution in [0.25, 0.3) is 0 Å². The summed E-state index contributed by atoms with van der Waals surface area (Å²) in [6.45, 7) is 7.22. The molecule has 0 fully saturated rings. The van der Waals surface area contributed by atoms with E-state index in [1.807, 2.05) is 20.8 Å². The molecule has 0 aliphatic heterocycles. The van der Waals surface area contributed by atoms with Crippen molar-refractivity contribution in [2.45, 2.75) is 45.8 Å². The van der Waals surface area contributed by atoms with Crippen molar-refractivity contribution < 1.29 is 14.3 Å². The van der Waals surface area contributed by atoms with Crippen LogP contribution in [0.3, 0.4) is 0 Å². The van der Waals surface area contributed by atoms with Crippen molar-refractivity contribution in [1.29, 1.82) is 0 Å². The highest BCUT2D eigenvalue weighted by molar-refractivity contribution is 9.10. The third-order valence-corrected chi connectivity index (χ3v) is 5.84. The minimum absolute atomic E-state index is 0.166. The van der Waals surface area contributed by atoms with Gasteiger partial charge in [0.15, 0.2) is 6.61 Å². The van der Waals surface area contributed by atoms with Crippen LogP contribution in [0.4, 0.5) is 0 Å². The molecule has 168 valence electrons. The van der Waals surface area contributed by atoms with Crippen molar-refractivity contribution in [3.05, 3.63) is 61.5 Å². The van der Waals surface area contributed by atoms with Gasteiger partial charge in [0.2, 0.25) is 5.91 Å². The lowest BCUT2D eigenvalue weighted by atomic mass is 10.1. The maximum absolute atomic E-state index is 13.1. The van der Waals surface area contributed by atoms with Crippen LogP contribution in [0.5, 0.6) is 5.75 Å². The Kier molecular flexibility index (Phi) is 9.07. The average Bonchev–Trinajstić information content (AvgIpc) is 2.66. The van der Waals surface area contributed by atoms with E-state index in [9.17, 15) is 9.59 Å². The average molecular weight is 551 g/mol. The van der Waals surface area contributed by atoms with Gasteiger partial charge in [-0.25, -0.2) is 0 Å². The van der Waals surface area contributed by atoms with Gasteiger partial charge in [0.1, 0.15) is 11.8 Å². The fraction of sp³-hybridized carbons (Fsp3) is 0.364. The van der Waals surface area contributed by atoms with Gasteiger partial charge in [-0.05, 0) is 79.5 Å². The van der Waals surface area contributed by atoms with Crippen molar-refractivity contribution in [2.75, 3.05) is 6.61 Å². The summed E-state index contributed by atoms with van der Waals surface area (Å²) in [6, 6.07) is 9.36. The highest BCUT2D eigenvalue weighted by atomic mass is 79.9. The molecule has 0 unspecified atom stereocenters. The predicted octanol–water partition coefficient (Wildman–Crippen LogP) is 6.12. The molecule has 0 spiro atoms. The number of rotatable bonds is 7. The first-order valence-electron chi connectivity index (χ1n) is 9.50. The van der Waals surface area contributed by atoms with E-state index in [4.69, 9.17) is 39.5 Å². The van der Waals surface area contributed by atoms with Crippen LogP contribution in [-0.4, -0.2) is 34.9 Å². The normalized spacial score (nSPS) is 12.3. The minimum atomic E-state index is -0.738. The molecule has 0 radical (unpaired) electrons. The largest absolute Gasteiger partial charge is 0.483 e. The molecule has 1 N–H and O–H groups in total. The van der Waals surface area contributed by atoms with Crippen LogP contribution < -0.4 is 10.1 Å². The third-order valence-electron chi connectivity index (χ3n) is 4.25. The van der Waals surface area contributed by atoms with Gasteiger partial charge < -0.3 is 15.0 Å². The molecule has 5 nitrogen and oxygen atoms in total. The van der Waals surface area contributed by atoms with Crippen LogP contribution in [0.15, 0.2) is 40.9 Å². The smallest absolute Gasteiger partial charge is 0.261 e. The van der Waals surface area contributed by atoms with E-state index in [-0.39, 0.29) is 25.0 Å². The summed E-state index contributed by atoms with van der Waals surface area (Å²) in [4.78, 5) is 27.3. The molecule has 31 heavy (non-hydrogen) atoms. The molecule has 0 aromatic heterocycles. The molecule has 2 aromatic carbocycles. The topological polar surface area (TPSA) is 58.6 Å². The van der Waals surface area contributed by atoms with E-state index in [0.717, 1.165) is 5.56 Å². The highest BCUT2D eigenvalue weighted by Crippen LogP contribution is 2.28. The Labute approximate surface area is 206 Å². The van der Waals surface area contributed by atoms with Crippen molar-refractivity contribution >= 4 is 62.5 Å². The van der Waals surface area contributed by atoms with Crippen LogP contribution in [0.2, 0.25) is 15.1 Å². The molecule has 0 aliphatic rings. The molecule has 9 heteroatoms. The Morgan fingerprint density at radius 1 is 1.10 bits per heavy atom. The van der Waals surface area contributed by atoms with Crippen molar-refractivity contribution in [1.82, 2.24) is 10.2 Å². The standard InChI is InChI=1S/C22H24BrCl3N2O3/c1-13(21(30)27-22(2,3)4)28(11-14-5-7-17(25)18(26)9-14)20(29)12-31-19-8-6-15(24)10-16(19)23/h5-10,13H,11-12H2,1-4H3,(H,27,30)/t13-/m1/s1. The zero-order valence-electron chi connectivity index (χ0n) is 17.6. The number of hydrogen-bond donors (Lipinski definition) is 1. The molecular formula is C22H24BrCl3N2O3. The molecule has 0 bridgehead atoms. The molecule has 0 heterocycles. The Bertz CT molecular complexity index is 964. The van der Waals surface area contributed by atoms with Gasteiger partial charge >= 0.3 is 0 Å². The van der Waals surface area contributed by atoms with Crippen LogP contribution in [0.1, 0.15) is 33.3 Å². The fourth-order valence-corrected chi connectivity index (χ4v) is 3.82. The number of nitrogens with one attached hydrogen (secondary N) is 1. The Morgan fingerprint density at radius 2 is 1.77 bits per heavy atom. The zero-order valence-corrected chi connectivity index (χ0v) is 21.5. The Hall–Kier alpha value is -1.47. The second-order valence-corrected chi connectivity index (χ2v) is 10.2. The second kappa shape index (κ2) is 10.9. The summed E-state index contributed by atoms with van der Waals surface area (Å²) in [7, 11) is 0. The van der Waals surface area contributed by atoms with Crippen molar-refractivity contribution in [3.63, 3.8) is 0 Å². The summed E-state index contributed by atoms with van der Waals surface area (Å²) in [6.07, 6.45) is 0. The van der Waals surface area contributed by atoms with Gasteiger partial charge in [-0.2, -0.15) is 0 Å². The molecule has 2 aromatic rings. The molecule has 0 saturated carbocycles.